The summed E-state index contributed by atoms with van der Waals surface area (Å²) in [5, 5.41) is 19.1. The molecular weight excluding hydrogens is 367 g/mol. The van der Waals surface area contributed by atoms with Gasteiger partial charge in [0, 0.05) is 19.8 Å². The fourth-order valence-electron chi connectivity index (χ4n) is 1.57. The molecule has 2 rings (SSSR count). The molecule has 0 spiro atoms. The Kier molecular flexibility index (Phi) is 5.63. The zero-order chi connectivity index (χ0) is 16.3. The van der Waals surface area contributed by atoms with Gasteiger partial charge in [0.15, 0.2) is 0 Å². The van der Waals surface area contributed by atoms with Crippen LogP contribution in [0.15, 0.2) is 46.2 Å². The summed E-state index contributed by atoms with van der Waals surface area (Å²) in [4.78, 5) is 23.2. The first kappa shape index (κ1) is 17.0. The van der Waals surface area contributed by atoms with Crippen LogP contribution in [0.2, 0.25) is 10.0 Å². The van der Waals surface area contributed by atoms with E-state index in [9.17, 15) is 9.59 Å². The van der Waals surface area contributed by atoms with Crippen LogP contribution in [0.4, 0.5) is 0 Å². The minimum absolute atomic E-state index is 0.0980. The van der Waals surface area contributed by atoms with Crippen molar-refractivity contribution < 1.29 is 19.8 Å². The Bertz CT molecular complexity index is 686. The summed E-state index contributed by atoms with van der Waals surface area (Å²) in [5.41, 5.74) is 0.196. The topological polar surface area (TPSA) is 74.6 Å². The van der Waals surface area contributed by atoms with E-state index < -0.39 is 11.9 Å². The van der Waals surface area contributed by atoms with Gasteiger partial charge < -0.3 is 10.2 Å². The van der Waals surface area contributed by atoms with Gasteiger partial charge >= 0.3 is 11.9 Å². The highest BCUT2D eigenvalue weighted by atomic mass is 35.5. The highest BCUT2D eigenvalue weighted by Crippen LogP contribution is 2.42. The van der Waals surface area contributed by atoms with Crippen LogP contribution in [-0.4, -0.2) is 22.2 Å². The molecule has 22 heavy (non-hydrogen) atoms. The molecule has 0 aliphatic carbocycles. The Morgan fingerprint density at radius 1 is 0.773 bits per heavy atom. The number of aromatic carboxylic acids is 2. The third kappa shape index (κ3) is 4.10. The summed E-state index contributed by atoms with van der Waals surface area (Å²) >= 11 is 11.8. The van der Waals surface area contributed by atoms with Crippen molar-refractivity contribution in [3.05, 3.63) is 57.6 Å². The lowest BCUT2D eigenvalue weighted by Gasteiger charge is -2.08. The van der Waals surface area contributed by atoms with E-state index in [-0.39, 0.29) is 11.1 Å². The molecule has 2 aromatic carbocycles. The van der Waals surface area contributed by atoms with Crippen molar-refractivity contribution in [2.24, 2.45) is 0 Å². The van der Waals surface area contributed by atoms with Crippen LogP contribution in [0.5, 0.6) is 0 Å². The van der Waals surface area contributed by atoms with Crippen molar-refractivity contribution >= 4 is 56.7 Å². The lowest BCUT2D eigenvalue weighted by molar-refractivity contribution is 0.0682. The molecule has 8 heteroatoms. The minimum Gasteiger partial charge on any atom is -0.478 e. The molecule has 0 radical (unpaired) electrons. The first-order valence-electron chi connectivity index (χ1n) is 5.78. The summed E-state index contributed by atoms with van der Waals surface area (Å²) in [5.74, 6) is -2.16. The van der Waals surface area contributed by atoms with Gasteiger partial charge in [-0.2, -0.15) is 0 Å². The van der Waals surface area contributed by atoms with Crippen LogP contribution >= 0.6 is 44.8 Å². The number of hydrogen-bond acceptors (Lipinski definition) is 4. The molecule has 0 saturated heterocycles. The Morgan fingerprint density at radius 3 is 1.45 bits per heavy atom. The van der Waals surface area contributed by atoms with E-state index in [1.165, 1.54) is 36.4 Å². The summed E-state index contributed by atoms with van der Waals surface area (Å²) in [6, 6.07) is 8.83. The van der Waals surface area contributed by atoms with Crippen molar-refractivity contribution in [1.82, 2.24) is 0 Å². The maximum absolute atomic E-state index is 11.2. The van der Waals surface area contributed by atoms with Gasteiger partial charge in [-0.1, -0.05) is 44.8 Å². The summed E-state index contributed by atoms with van der Waals surface area (Å²) in [6.07, 6.45) is 0. The fourth-order valence-corrected chi connectivity index (χ4v) is 4.43. The highest BCUT2D eigenvalue weighted by molar-refractivity contribution is 8.76. The molecule has 0 bridgehead atoms. The quantitative estimate of drug-likeness (QED) is 0.701. The predicted octanol–water partition coefficient (Wildman–Crippen LogP) is 5.19. The van der Waals surface area contributed by atoms with Gasteiger partial charge in [0.05, 0.1) is 11.1 Å². The van der Waals surface area contributed by atoms with Crippen LogP contribution in [-0.2, 0) is 0 Å². The lowest BCUT2D eigenvalue weighted by atomic mass is 10.2. The summed E-state index contributed by atoms with van der Waals surface area (Å²) in [6.45, 7) is 0. The number of halogens is 2. The lowest BCUT2D eigenvalue weighted by Crippen LogP contribution is -1.99. The van der Waals surface area contributed by atoms with Crippen LogP contribution < -0.4 is 0 Å². The van der Waals surface area contributed by atoms with E-state index >= 15 is 0 Å². The van der Waals surface area contributed by atoms with Gasteiger partial charge in [-0.3, -0.25) is 0 Å². The van der Waals surface area contributed by atoms with E-state index in [1.807, 2.05) is 0 Å². The largest absolute Gasteiger partial charge is 0.478 e. The molecule has 0 aliphatic heterocycles. The molecule has 0 saturated carbocycles. The molecule has 0 heterocycles. The second kappa shape index (κ2) is 7.28. The van der Waals surface area contributed by atoms with Crippen LogP contribution in [0.3, 0.4) is 0 Å². The molecule has 2 N–H and O–H groups in total. The summed E-state index contributed by atoms with van der Waals surface area (Å²) < 4.78 is 0. The molecule has 0 aromatic heterocycles. The van der Waals surface area contributed by atoms with Crippen molar-refractivity contribution in [3.63, 3.8) is 0 Å². The smallest absolute Gasteiger partial charge is 0.336 e. The second-order valence-corrected chi connectivity index (χ2v) is 7.14. The van der Waals surface area contributed by atoms with E-state index in [2.05, 4.69) is 0 Å². The van der Waals surface area contributed by atoms with Crippen molar-refractivity contribution in [3.8, 4) is 0 Å². The normalized spacial score (nSPS) is 10.5. The average molecular weight is 375 g/mol. The van der Waals surface area contributed by atoms with Gasteiger partial charge in [0.1, 0.15) is 0 Å². The van der Waals surface area contributed by atoms with Gasteiger partial charge in [-0.25, -0.2) is 9.59 Å². The molecule has 0 unspecified atom stereocenters. The predicted molar refractivity (Wildman–Crippen MR) is 88.5 cm³/mol. The summed E-state index contributed by atoms with van der Waals surface area (Å²) in [7, 11) is 2.22. The molecule has 0 amide bonds. The number of rotatable bonds is 5. The van der Waals surface area contributed by atoms with Gasteiger partial charge in [-0.15, -0.1) is 0 Å². The Balaban J connectivity index is 2.31. The van der Waals surface area contributed by atoms with Crippen molar-refractivity contribution in [1.29, 1.82) is 0 Å². The van der Waals surface area contributed by atoms with E-state index in [0.717, 1.165) is 21.6 Å². The number of hydrogen-bond donors (Lipinski definition) is 2. The van der Waals surface area contributed by atoms with Crippen LogP contribution in [0.1, 0.15) is 20.7 Å². The van der Waals surface area contributed by atoms with Gasteiger partial charge in [0.2, 0.25) is 0 Å². The fraction of sp³-hybridized carbons (Fsp3) is 0. The SMILES string of the molecule is O=C(O)c1ccc(Cl)cc1SSc1cc(Cl)ccc1C(=O)O. The Labute approximate surface area is 143 Å². The Morgan fingerprint density at radius 2 is 1.14 bits per heavy atom. The molecule has 4 nitrogen and oxygen atoms in total. The maximum atomic E-state index is 11.2. The number of carboxylic acid groups (broad SMARTS) is 2. The monoisotopic (exact) mass is 374 g/mol. The minimum atomic E-state index is -1.08. The third-order valence-corrected chi connectivity index (χ3v) is 5.48. The third-order valence-electron chi connectivity index (χ3n) is 2.57. The van der Waals surface area contributed by atoms with E-state index in [1.54, 1.807) is 0 Å². The van der Waals surface area contributed by atoms with E-state index in [0.29, 0.717) is 19.8 Å². The Hall–Kier alpha value is -1.34. The molecule has 2 aromatic rings. The zero-order valence-electron chi connectivity index (χ0n) is 10.7. The van der Waals surface area contributed by atoms with Gasteiger partial charge in [-0.05, 0) is 36.4 Å². The average Bonchev–Trinajstić information content (AvgIpc) is 2.44. The molecule has 0 fully saturated rings. The number of benzene rings is 2. The van der Waals surface area contributed by atoms with Crippen LogP contribution in [0.25, 0.3) is 0 Å². The first-order chi connectivity index (χ1) is 10.4. The van der Waals surface area contributed by atoms with Crippen molar-refractivity contribution in [2.45, 2.75) is 9.79 Å². The number of carboxylic acids is 2. The van der Waals surface area contributed by atoms with Gasteiger partial charge in [0.25, 0.3) is 0 Å². The van der Waals surface area contributed by atoms with Crippen molar-refractivity contribution in [2.75, 3.05) is 0 Å². The molecular formula is C14H8Cl2O4S2. The number of carbonyl (C=O) groups is 2. The second-order valence-electron chi connectivity index (χ2n) is 4.06. The molecule has 0 aliphatic rings. The molecule has 114 valence electrons. The maximum Gasteiger partial charge on any atom is 0.336 e. The highest BCUT2D eigenvalue weighted by Gasteiger charge is 2.15. The standard InChI is InChI=1S/C14H8Cl2O4S2/c15-7-1-3-9(13(17)18)11(5-7)21-22-12-6-8(16)2-4-10(12)14(19)20/h1-6H,(H,17,18)(H,19,20). The first-order valence-corrected chi connectivity index (χ1v) is 8.69. The van der Waals surface area contributed by atoms with Crippen LogP contribution in [0, 0.1) is 0 Å². The van der Waals surface area contributed by atoms with E-state index in [4.69, 9.17) is 33.4 Å². The molecule has 0 atom stereocenters. The zero-order valence-corrected chi connectivity index (χ0v) is 13.9.